The van der Waals surface area contributed by atoms with Crippen molar-refractivity contribution >= 4 is 5.91 Å². The molecule has 162 valence electrons. The van der Waals surface area contributed by atoms with Crippen molar-refractivity contribution in [1.82, 2.24) is 0 Å². The predicted octanol–water partition coefficient (Wildman–Crippen LogP) is 6.57. The molecule has 0 radical (unpaired) electrons. The lowest BCUT2D eigenvalue weighted by Gasteiger charge is -2.33. The third kappa shape index (κ3) is 5.64. The zero-order valence-electron chi connectivity index (χ0n) is 19.8. The minimum absolute atomic E-state index is 0.0308. The SMILES string of the molecule is CC(C)(C)c1cc(Cc2cccc(-c3ccccc3)c2)cc(CC(N)=O)c1C(C)(C)C. The quantitative estimate of drug-likeness (QED) is 0.505. The van der Waals surface area contributed by atoms with E-state index < -0.39 is 0 Å². The molecule has 2 N–H and O–H groups in total. The fraction of sp³-hybridized carbons (Fsp3) is 0.345. The van der Waals surface area contributed by atoms with Crippen molar-refractivity contribution in [3.05, 3.63) is 94.5 Å². The summed E-state index contributed by atoms with van der Waals surface area (Å²) in [5.74, 6) is -0.284. The zero-order valence-corrected chi connectivity index (χ0v) is 19.8. The molecule has 31 heavy (non-hydrogen) atoms. The van der Waals surface area contributed by atoms with Crippen LogP contribution in [0.4, 0.5) is 0 Å². The molecule has 0 bridgehead atoms. The van der Waals surface area contributed by atoms with E-state index >= 15 is 0 Å². The Bertz CT molecular complexity index is 1070. The normalized spacial score (nSPS) is 12.1. The number of hydrogen-bond acceptors (Lipinski definition) is 1. The molecule has 0 aromatic heterocycles. The summed E-state index contributed by atoms with van der Waals surface area (Å²) in [5.41, 5.74) is 14.1. The van der Waals surface area contributed by atoms with Gasteiger partial charge in [-0.3, -0.25) is 4.79 Å². The minimum Gasteiger partial charge on any atom is -0.369 e. The van der Waals surface area contributed by atoms with E-state index in [4.69, 9.17) is 5.73 Å². The van der Waals surface area contributed by atoms with Crippen molar-refractivity contribution in [1.29, 1.82) is 0 Å². The molecule has 0 aliphatic carbocycles. The molecule has 0 atom stereocenters. The van der Waals surface area contributed by atoms with Gasteiger partial charge in [0, 0.05) is 0 Å². The van der Waals surface area contributed by atoms with E-state index in [1.807, 2.05) is 6.07 Å². The fourth-order valence-corrected chi connectivity index (χ4v) is 4.40. The first-order chi connectivity index (χ1) is 14.4. The summed E-state index contributed by atoms with van der Waals surface area (Å²) >= 11 is 0. The van der Waals surface area contributed by atoms with Crippen LogP contribution in [0.1, 0.15) is 69.4 Å². The van der Waals surface area contributed by atoms with Gasteiger partial charge in [0.2, 0.25) is 5.91 Å². The molecule has 0 unspecified atom stereocenters. The average Bonchev–Trinajstić information content (AvgIpc) is 2.66. The molecule has 0 fully saturated rings. The molecule has 2 heteroatoms. The van der Waals surface area contributed by atoms with Gasteiger partial charge in [-0.15, -0.1) is 0 Å². The third-order valence-electron chi connectivity index (χ3n) is 5.64. The Balaban J connectivity index is 2.09. The lowest BCUT2D eigenvalue weighted by Crippen LogP contribution is -2.26. The topological polar surface area (TPSA) is 43.1 Å². The predicted molar refractivity (Wildman–Crippen MR) is 131 cm³/mol. The van der Waals surface area contributed by atoms with Crippen LogP contribution in [0.25, 0.3) is 11.1 Å². The van der Waals surface area contributed by atoms with Crippen LogP contribution < -0.4 is 5.73 Å². The van der Waals surface area contributed by atoms with Gasteiger partial charge >= 0.3 is 0 Å². The summed E-state index contributed by atoms with van der Waals surface area (Å²) in [7, 11) is 0. The number of primary amides is 1. The third-order valence-corrected chi connectivity index (χ3v) is 5.64. The van der Waals surface area contributed by atoms with E-state index in [9.17, 15) is 4.79 Å². The molecular formula is C29H35NO. The average molecular weight is 414 g/mol. The number of amides is 1. The number of carbonyl (C=O) groups excluding carboxylic acids is 1. The van der Waals surface area contributed by atoms with E-state index in [2.05, 4.69) is 102 Å². The van der Waals surface area contributed by atoms with Crippen LogP contribution in [0.2, 0.25) is 0 Å². The smallest absolute Gasteiger partial charge is 0.221 e. The molecule has 0 saturated carbocycles. The molecule has 3 aromatic carbocycles. The van der Waals surface area contributed by atoms with Crippen molar-refractivity contribution < 1.29 is 4.79 Å². The summed E-state index contributed by atoms with van der Waals surface area (Å²) in [5, 5.41) is 0. The summed E-state index contributed by atoms with van der Waals surface area (Å²) < 4.78 is 0. The Kier molecular flexibility index (Phi) is 6.40. The summed E-state index contributed by atoms with van der Waals surface area (Å²) in [6.07, 6.45) is 1.09. The lowest BCUT2D eigenvalue weighted by atomic mass is 9.71. The molecule has 0 heterocycles. The molecule has 2 nitrogen and oxygen atoms in total. The van der Waals surface area contributed by atoms with Crippen molar-refractivity contribution in [2.75, 3.05) is 0 Å². The molecule has 0 aliphatic heterocycles. The molecular weight excluding hydrogens is 378 g/mol. The van der Waals surface area contributed by atoms with Crippen LogP contribution in [0.3, 0.4) is 0 Å². The highest BCUT2D eigenvalue weighted by atomic mass is 16.1. The van der Waals surface area contributed by atoms with Crippen LogP contribution >= 0.6 is 0 Å². The maximum absolute atomic E-state index is 11.9. The molecule has 3 aromatic rings. The van der Waals surface area contributed by atoms with Gasteiger partial charge < -0.3 is 5.73 Å². The number of hydrogen-bond donors (Lipinski definition) is 1. The maximum Gasteiger partial charge on any atom is 0.221 e. The van der Waals surface area contributed by atoms with Gasteiger partial charge in [0.1, 0.15) is 0 Å². The minimum atomic E-state index is -0.284. The zero-order chi connectivity index (χ0) is 22.8. The highest BCUT2D eigenvalue weighted by molar-refractivity contribution is 5.77. The van der Waals surface area contributed by atoms with Crippen LogP contribution in [0, 0.1) is 0 Å². The summed E-state index contributed by atoms with van der Waals surface area (Å²) in [4.78, 5) is 11.9. The standard InChI is InChI=1S/C29H35NO/c1-28(2,3)25-18-21(17-24(19-26(30)31)27(25)29(4,5)6)15-20-11-10-14-23(16-20)22-12-8-7-9-13-22/h7-14,16-18H,15,19H2,1-6H3,(H2,30,31). The van der Waals surface area contributed by atoms with Crippen LogP contribution in [-0.4, -0.2) is 5.91 Å². The summed E-state index contributed by atoms with van der Waals surface area (Å²) in [6, 6.07) is 23.7. The van der Waals surface area contributed by atoms with Crippen molar-refractivity contribution in [2.45, 2.75) is 65.2 Å². The van der Waals surface area contributed by atoms with Gasteiger partial charge in [-0.2, -0.15) is 0 Å². The van der Waals surface area contributed by atoms with Gasteiger partial charge in [-0.1, -0.05) is 108 Å². The Hall–Kier alpha value is -2.87. The van der Waals surface area contributed by atoms with Gasteiger partial charge in [0.05, 0.1) is 6.42 Å². The van der Waals surface area contributed by atoms with Crippen molar-refractivity contribution in [3.8, 4) is 11.1 Å². The lowest BCUT2D eigenvalue weighted by molar-refractivity contribution is -0.117. The first-order valence-corrected chi connectivity index (χ1v) is 11.0. The van der Waals surface area contributed by atoms with Gasteiger partial charge in [-0.05, 0) is 56.2 Å². The second-order valence-corrected chi connectivity index (χ2v) is 10.6. The Labute approximate surface area is 187 Å². The largest absolute Gasteiger partial charge is 0.369 e. The number of rotatable bonds is 5. The number of nitrogens with two attached hydrogens (primary N) is 1. The van der Waals surface area contributed by atoms with E-state index in [0.29, 0.717) is 0 Å². The van der Waals surface area contributed by atoms with Crippen LogP contribution in [0.5, 0.6) is 0 Å². The molecule has 0 saturated heterocycles. The second kappa shape index (κ2) is 8.70. The monoisotopic (exact) mass is 413 g/mol. The van der Waals surface area contributed by atoms with E-state index in [-0.39, 0.29) is 23.2 Å². The van der Waals surface area contributed by atoms with Crippen LogP contribution in [0.15, 0.2) is 66.7 Å². The van der Waals surface area contributed by atoms with E-state index in [1.54, 1.807) is 0 Å². The number of benzene rings is 3. The maximum atomic E-state index is 11.9. The van der Waals surface area contributed by atoms with Gasteiger partial charge in [-0.25, -0.2) is 0 Å². The molecule has 0 aliphatic rings. The van der Waals surface area contributed by atoms with Crippen molar-refractivity contribution in [3.63, 3.8) is 0 Å². The van der Waals surface area contributed by atoms with Gasteiger partial charge in [0.25, 0.3) is 0 Å². The first kappa shape index (κ1) is 22.8. The van der Waals surface area contributed by atoms with Crippen molar-refractivity contribution in [2.24, 2.45) is 5.73 Å². The molecule has 3 rings (SSSR count). The highest BCUT2D eigenvalue weighted by Crippen LogP contribution is 2.38. The fourth-order valence-electron chi connectivity index (χ4n) is 4.40. The van der Waals surface area contributed by atoms with E-state index in [1.165, 1.54) is 33.4 Å². The Morgan fingerprint density at radius 1 is 0.742 bits per heavy atom. The Morgan fingerprint density at radius 2 is 1.39 bits per heavy atom. The second-order valence-electron chi connectivity index (χ2n) is 10.6. The highest BCUT2D eigenvalue weighted by Gasteiger charge is 2.28. The van der Waals surface area contributed by atoms with E-state index in [0.717, 1.165) is 12.0 Å². The number of carbonyl (C=O) groups is 1. The Morgan fingerprint density at radius 3 is 1.97 bits per heavy atom. The molecule has 1 amide bonds. The van der Waals surface area contributed by atoms with Crippen LogP contribution in [-0.2, 0) is 28.5 Å². The summed E-state index contributed by atoms with van der Waals surface area (Å²) in [6.45, 7) is 13.4. The van der Waals surface area contributed by atoms with Gasteiger partial charge in [0.15, 0.2) is 0 Å². The molecule has 0 spiro atoms. The first-order valence-electron chi connectivity index (χ1n) is 11.0.